The van der Waals surface area contributed by atoms with Gasteiger partial charge in [0, 0.05) is 5.02 Å². The summed E-state index contributed by atoms with van der Waals surface area (Å²) in [7, 11) is 1.55. The van der Waals surface area contributed by atoms with Crippen LogP contribution in [0.25, 0.3) is 22.0 Å². The summed E-state index contributed by atoms with van der Waals surface area (Å²) in [4.78, 5) is 19.4. The van der Waals surface area contributed by atoms with E-state index in [1.54, 1.807) is 43.5 Å². The number of halogens is 3. The van der Waals surface area contributed by atoms with Crippen molar-refractivity contribution in [1.29, 1.82) is 0 Å². The quantitative estimate of drug-likeness (QED) is 0.462. The first-order valence-corrected chi connectivity index (χ1v) is 9.66. The lowest BCUT2D eigenvalue weighted by Crippen LogP contribution is -2.10. The van der Waals surface area contributed by atoms with E-state index in [9.17, 15) is 4.79 Å². The van der Waals surface area contributed by atoms with Crippen LogP contribution in [-0.2, 0) is 0 Å². The van der Waals surface area contributed by atoms with Gasteiger partial charge in [0.25, 0.3) is 5.56 Å². The number of hydrogen-bond acceptors (Lipinski definition) is 4. The molecule has 0 aliphatic heterocycles. The van der Waals surface area contributed by atoms with E-state index >= 15 is 0 Å². The predicted octanol–water partition coefficient (Wildman–Crippen LogP) is 5.65. The minimum atomic E-state index is -0.319. The fourth-order valence-electron chi connectivity index (χ4n) is 2.54. The third-order valence-electron chi connectivity index (χ3n) is 3.78. The Morgan fingerprint density at radius 1 is 1.36 bits per heavy atom. The van der Waals surface area contributed by atoms with Crippen molar-refractivity contribution in [3.8, 4) is 11.5 Å². The van der Waals surface area contributed by atoms with Crippen molar-refractivity contribution in [2.24, 2.45) is 0 Å². The lowest BCUT2D eigenvalue weighted by Gasteiger charge is -2.12. The molecule has 5 nitrogen and oxygen atoms in total. The number of rotatable bonds is 6. The second kappa shape index (κ2) is 8.82. The molecule has 1 heterocycles. The van der Waals surface area contributed by atoms with Gasteiger partial charge in [-0.15, -0.1) is 0 Å². The number of aromatic amines is 1. The molecule has 0 bridgehead atoms. The topological polar surface area (TPSA) is 64.2 Å². The van der Waals surface area contributed by atoms with Gasteiger partial charge in [0.2, 0.25) is 0 Å². The normalized spacial score (nSPS) is 11.5. The number of aromatic nitrogens is 2. The Bertz CT molecular complexity index is 1140. The Kier molecular flexibility index (Phi) is 6.44. The first kappa shape index (κ1) is 20.5. The second-order valence-corrected chi connectivity index (χ2v) is 7.40. The smallest absolute Gasteiger partial charge is 0.259 e. The molecule has 1 aromatic heterocycles. The number of ether oxygens (including phenoxy) is 2. The highest BCUT2D eigenvalue weighted by molar-refractivity contribution is 9.10. The summed E-state index contributed by atoms with van der Waals surface area (Å²) in [5.74, 6) is 1.34. The summed E-state index contributed by atoms with van der Waals surface area (Å²) < 4.78 is 11.7. The van der Waals surface area contributed by atoms with Gasteiger partial charge in [-0.1, -0.05) is 35.9 Å². The van der Waals surface area contributed by atoms with Gasteiger partial charge in [-0.2, -0.15) is 0 Å². The van der Waals surface area contributed by atoms with Crippen molar-refractivity contribution in [3.05, 3.63) is 74.2 Å². The van der Waals surface area contributed by atoms with Gasteiger partial charge in [0.15, 0.2) is 17.3 Å². The zero-order chi connectivity index (χ0) is 20.3. The number of nitrogens with zero attached hydrogens (tertiary/aromatic N) is 1. The Hall–Kier alpha value is -2.28. The van der Waals surface area contributed by atoms with Crippen LogP contribution in [0.4, 0.5) is 0 Å². The zero-order valence-corrected chi connectivity index (χ0v) is 17.9. The molecule has 0 unspecified atom stereocenters. The number of benzene rings is 2. The molecule has 0 amide bonds. The molecule has 0 aliphatic carbocycles. The standard InChI is InChI=1S/C20H15BrCl2N2O3/c1-3-6-28-18-14(21)7-11(9-17(18)27-2)8-15(23)19-24-16-5-4-12(22)10-13(16)20(26)25-19/h3-5,7-10H,1,6H2,2H3,(H,24,25,26)/b15-8-. The van der Waals surface area contributed by atoms with Crippen LogP contribution in [0.15, 0.2) is 52.3 Å². The monoisotopic (exact) mass is 480 g/mol. The molecule has 8 heteroatoms. The average molecular weight is 482 g/mol. The van der Waals surface area contributed by atoms with Crippen molar-refractivity contribution in [2.45, 2.75) is 0 Å². The summed E-state index contributed by atoms with van der Waals surface area (Å²) in [5, 5.41) is 1.13. The Labute approximate surface area is 179 Å². The van der Waals surface area contributed by atoms with E-state index in [-0.39, 0.29) is 16.4 Å². The molecule has 0 spiro atoms. The summed E-state index contributed by atoms with van der Waals surface area (Å²) in [6.07, 6.45) is 3.32. The highest BCUT2D eigenvalue weighted by atomic mass is 79.9. The van der Waals surface area contributed by atoms with E-state index in [4.69, 9.17) is 32.7 Å². The number of hydrogen-bond donors (Lipinski definition) is 1. The van der Waals surface area contributed by atoms with E-state index in [0.29, 0.717) is 38.5 Å². The fourth-order valence-corrected chi connectivity index (χ4v) is 3.51. The molecule has 28 heavy (non-hydrogen) atoms. The minimum Gasteiger partial charge on any atom is -0.493 e. The van der Waals surface area contributed by atoms with Gasteiger partial charge >= 0.3 is 0 Å². The van der Waals surface area contributed by atoms with Gasteiger partial charge in [-0.05, 0) is 57.9 Å². The maximum atomic E-state index is 12.3. The average Bonchev–Trinajstić information content (AvgIpc) is 2.67. The van der Waals surface area contributed by atoms with Crippen LogP contribution < -0.4 is 15.0 Å². The van der Waals surface area contributed by atoms with Gasteiger partial charge in [-0.3, -0.25) is 4.79 Å². The molecule has 0 saturated heterocycles. The van der Waals surface area contributed by atoms with Gasteiger partial charge in [-0.25, -0.2) is 4.98 Å². The highest BCUT2D eigenvalue weighted by Gasteiger charge is 2.12. The van der Waals surface area contributed by atoms with Gasteiger partial charge in [0.1, 0.15) is 6.61 Å². The molecule has 2 aromatic carbocycles. The van der Waals surface area contributed by atoms with E-state index < -0.39 is 0 Å². The molecule has 3 aromatic rings. The van der Waals surface area contributed by atoms with Crippen molar-refractivity contribution in [3.63, 3.8) is 0 Å². The molecule has 0 aliphatic rings. The van der Waals surface area contributed by atoms with Gasteiger partial charge < -0.3 is 14.5 Å². The molecular weight excluding hydrogens is 467 g/mol. The lowest BCUT2D eigenvalue weighted by atomic mass is 10.1. The minimum absolute atomic E-state index is 0.253. The highest BCUT2D eigenvalue weighted by Crippen LogP contribution is 2.37. The van der Waals surface area contributed by atoms with Crippen LogP contribution >= 0.6 is 39.1 Å². The van der Waals surface area contributed by atoms with Crippen molar-refractivity contribution >= 4 is 61.1 Å². The first-order valence-electron chi connectivity index (χ1n) is 8.11. The van der Waals surface area contributed by atoms with Crippen LogP contribution in [-0.4, -0.2) is 23.7 Å². The molecule has 0 saturated carbocycles. The summed E-state index contributed by atoms with van der Waals surface area (Å²) in [5.41, 5.74) is 0.918. The number of H-pyrrole nitrogens is 1. The molecule has 0 radical (unpaired) electrons. The first-order chi connectivity index (χ1) is 13.4. The fraction of sp³-hybridized carbons (Fsp3) is 0.100. The van der Waals surface area contributed by atoms with Gasteiger partial charge in [0.05, 0.1) is 27.5 Å². The summed E-state index contributed by atoms with van der Waals surface area (Å²) in [6.45, 7) is 3.98. The molecule has 3 rings (SSSR count). The van der Waals surface area contributed by atoms with Crippen molar-refractivity contribution < 1.29 is 9.47 Å². The second-order valence-electron chi connectivity index (χ2n) is 5.70. The maximum absolute atomic E-state index is 12.3. The third kappa shape index (κ3) is 4.41. The van der Waals surface area contributed by atoms with E-state index in [1.165, 1.54) is 0 Å². The summed E-state index contributed by atoms with van der Waals surface area (Å²) >= 11 is 15.8. The van der Waals surface area contributed by atoms with E-state index in [1.807, 2.05) is 6.07 Å². The number of nitrogens with one attached hydrogen (secondary N) is 1. The van der Waals surface area contributed by atoms with Crippen LogP contribution in [0, 0.1) is 0 Å². The zero-order valence-electron chi connectivity index (χ0n) is 14.8. The molecule has 1 N–H and O–H groups in total. The number of methoxy groups -OCH3 is 1. The largest absolute Gasteiger partial charge is 0.493 e. The molecular formula is C20H15BrCl2N2O3. The van der Waals surface area contributed by atoms with E-state index in [2.05, 4.69) is 32.5 Å². The van der Waals surface area contributed by atoms with Crippen LogP contribution in [0.1, 0.15) is 11.4 Å². The van der Waals surface area contributed by atoms with Crippen LogP contribution in [0.2, 0.25) is 5.02 Å². The Morgan fingerprint density at radius 2 is 2.14 bits per heavy atom. The van der Waals surface area contributed by atoms with Crippen LogP contribution in [0.5, 0.6) is 11.5 Å². The van der Waals surface area contributed by atoms with E-state index in [0.717, 1.165) is 5.56 Å². The Morgan fingerprint density at radius 3 is 2.86 bits per heavy atom. The number of fused-ring (bicyclic) bond motifs is 1. The predicted molar refractivity (Wildman–Crippen MR) is 117 cm³/mol. The molecule has 0 atom stereocenters. The maximum Gasteiger partial charge on any atom is 0.259 e. The SMILES string of the molecule is C=CCOc1c(Br)cc(/C=C(\Cl)c2nc3ccc(Cl)cc3c(=O)[nH]2)cc1OC. The Balaban J connectivity index is 2.02. The van der Waals surface area contributed by atoms with Crippen molar-refractivity contribution in [1.82, 2.24) is 9.97 Å². The van der Waals surface area contributed by atoms with Crippen LogP contribution in [0.3, 0.4) is 0 Å². The molecule has 144 valence electrons. The van der Waals surface area contributed by atoms with Crippen molar-refractivity contribution in [2.75, 3.05) is 13.7 Å². The third-order valence-corrected chi connectivity index (χ3v) is 4.90. The lowest BCUT2D eigenvalue weighted by molar-refractivity contribution is 0.324. The summed E-state index contributed by atoms with van der Waals surface area (Å²) in [6, 6.07) is 8.49. The molecule has 0 fully saturated rings.